The van der Waals surface area contributed by atoms with Crippen LogP contribution in [0.5, 0.6) is 5.75 Å². The van der Waals surface area contributed by atoms with Gasteiger partial charge in [0.25, 0.3) is 0 Å². The van der Waals surface area contributed by atoms with Crippen LogP contribution >= 0.6 is 0 Å². The van der Waals surface area contributed by atoms with Crippen molar-refractivity contribution in [1.29, 1.82) is 0 Å². The van der Waals surface area contributed by atoms with Crippen molar-refractivity contribution >= 4 is 6.29 Å². The highest BCUT2D eigenvalue weighted by Crippen LogP contribution is 2.20. The first-order chi connectivity index (χ1) is 6.19. The molecule has 0 bridgehead atoms. The number of hydrogen-bond donors (Lipinski definition) is 1. The second kappa shape index (κ2) is 4.00. The number of carbonyl (C=O) groups excluding carboxylic acids is 1. The molecule has 0 aliphatic rings. The lowest BCUT2D eigenvalue weighted by atomic mass is 10.2. The van der Waals surface area contributed by atoms with Gasteiger partial charge in [0.15, 0.2) is 6.29 Å². The van der Waals surface area contributed by atoms with Gasteiger partial charge >= 0.3 is 0 Å². The number of rotatable bonds is 3. The van der Waals surface area contributed by atoms with E-state index in [1.165, 1.54) is 0 Å². The van der Waals surface area contributed by atoms with Crippen LogP contribution in [0.15, 0.2) is 12.1 Å². The summed E-state index contributed by atoms with van der Waals surface area (Å²) in [5.41, 5.74) is 6.63. The molecule has 2 N–H and O–H groups in total. The number of hydrogen-bond acceptors (Lipinski definition) is 4. The third kappa shape index (κ3) is 2.03. The zero-order valence-corrected chi connectivity index (χ0v) is 7.65. The van der Waals surface area contributed by atoms with Crippen LogP contribution in [0, 0.1) is 0 Å². The summed E-state index contributed by atoms with van der Waals surface area (Å²) in [7, 11) is 1.55. The van der Waals surface area contributed by atoms with Crippen molar-refractivity contribution in [3.63, 3.8) is 0 Å². The number of pyridine rings is 1. The highest BCUT2D eigenvalue weighted by atomic mass is 16.5. The average molecular weight is 180 g/mol. The summed E-state index contributed by atoms with van der Waals surface area (Å²) in [5, 5.41) is 0. The summed E-state index contributed by atoms with van der Waals surface area (Å²) in [4.78, 5) is 14.5. The standard InChI is InChI=1S/C9H12N2O2/c1-6(10)9-8(13-2)4-3-7(5-12)11-9/h3-6H,10H2,1-2H3/t6-/m1/s1. The molecule has 1 rings (SSSR count). The van der Waals surface area contributed by atoms with Gasteiger partial charge < -0.3 is 10.5 Å². The SMILES string of the molecule is COc1ccc(C=O)nc1[C@@H](C)N. The van der Waals surface area contributed by atoms with Crippen molar-refractivity contribution in [2.24, 2.45) is 5.73 Å². The highest BCUT2D eigenvalue weighted by Gasteiger charge is 2.09. The van der Waals surface area contributed by atoms with Crippen LogP contribution in [0.25, 0.3) is 0 Å². The Morgan fingerprint density at radius 1 is 1.62 bits per heavy atom. The minimum absolute atomic E-state index is 0.241. The average Bonchev–Trinajstić information content (AvgIpc) is 2.16. The molecule has 0 aromatic carbocycles. The summed E-state index contributed by atoms with van der Waals surface area (Å²) >= 11 is 0. The second-order valence-corrected chi connectivity index (χ2v) is 2.73. The number of carbonyl (C=O) groups is 1. The maximum Gasteiger partial charge on any atom is 0.168 e. The first-order valence-electron chi connectivity index (χ1n) is 3.94. The van der Waals surface area contributed by atoms with Gasteiger partial charge in [-0.15, -0.1) is 0 Å². The molecule has 1 heterocycles. The fourth-order valence-corrected chi connectivity index (χ4v) is 1.04. The van der Waals surface area contributed by atoms with Gasteiger partial charge in [-0.2, -0.15) is 0 Å². The summed E-state index contributed by atoms with van der Waals surface area (Å²) in [6, 6.07) is 3.04. The molecule has 0 amide bonds. The molecule has 0 unspecified atom stereocenters. The van der Waals surface area contributed by atoms with Crippen molar-refractivity contribution in [2.75, 3.05) is 7.11 Å². The predicted octanol–water partition coefficient (Wildman–Crippen LogP) is 0.922. The minimum Gasteiger partial charge on any atom is -0.495 e. The third-order valence-corrected chi connectivity index (χ3v) is 1.68. The van der Waals surface area contributed by atoms with Gasteiger partial charge in [0.05, 0.1) is 12.8 Å². The lowest BCUT2D eigenvalue weighted by Crippen LogP contribution is -2.10. The van der Waals surface area contributed by atoms with Crippen molar-refractivity contribution in [3.8, 4) is 5.75 Å². The summed E-state index contributed by atoms with van der Waals surface area (Å²) < 4.78 is 5.05. The lowest BCUT2D eigenvalue weighted by Gasteiger charge is -2.10. The van der Waals surface area contributed by atoms with Gasteiger partial charge in [0.2, 0.25) is 0 Å². The topological polar surface area (TPSA) is 65.2 Å². The summed E-state index contributed by atoms with van der Waals surface area (Å²) in [6.45, 7) is 1.79. The van der Waals surface area contributed by atoms with Crippen LogP contribution in [-0.2, 0) is 0 Å². The molecule has 0 radical (unpaired) electrons. The maximum atomic E-state index is 10.4. The molecule has 0 fully saturated rings. The van der Waals surface area contributed by atoms with Gasteiger partial charge in [-0.1, -0.05) is 0 Å². The van der Waals surface area contributed by atoms with E-state index in [9.17, 15) is 4.79 Å². The number of nitrogens with two attached hydrogens (primary N) is 1. The van der Waals surface area contributed by atoms with Crippen LogP contribution in [0.1, 0.15) is 29.1 Å². The molecule has 1 aromatic heterocycles. The first kappa shape index (κ1) is 9.67. The van der Waals surface area contributed by atoms with Crippen LogP contribution < -0.4 is 10.5 Å². The Morgan fingerprint density at radius 3 is 2.77 bits per heavy atom. The van der Waals surface area contributed by atoms with E-state index >= 15 is 0 Å². The van der Waals surface area contributed by atoms with E-state index in [0.29, 0.717) is 23.4 Å². The van der Waals surface area contributed by atoms with Crippen molar-refractivity contribution < 1.29 is 9.53 Å². The maximum absolute atomic E-state index is 10.4. The van der Waals surface area contributed by atoms with E-state index in [4.69, 9.17) is 10.5 Å². The Hall–Kier alpha value is -1.42. The molecule has 1 atom stereocenters. The molecule has 1 aromatic rings. The summed E-state index contributed by atoms with van der Waals surface area (Å²) in [6.07, 6.45) is 0.686. The lowest BCUT2D eigenvalue weighted by molar-refractivity contribution is 0.111. The molecule has 4 nitrogen and oxygen atoms in total. The van der Waals surface area contributed by atoms with Crippen molar-refractivity contribution in [3.05, 3.63) is 23.5 Å². The predicted molar refractivity (Wildman–Crippen MR) is 48.8 cm³/mol. The van der Waals surface area contributed by atoms with E-state index in [1.807, 2.05) is 0 Å². The Kier molecular flexibility index (Phi) is 2.97. The third-order valence-electron chi connectivity index (χ3n) is 1.68. The van der Waals surface area contributed by atoms with Crippen molar-refractivity contribution in [1.82, 2.24) is 4.98 Å². The largest absolute Gasteiger partial charge is 0.495 e. The zero-order valence-electron chi connectivity index (χ0n) is 7.65. The molecule has 0 aliphatic heterocycles. The number of aromatic nitrogens is 1. The minimum atomic E-state index is -0.241. The smallest absolute Gasteiger partial charge is 0.168 e. The van der Waals surface area contributed by atoms with Crippen LogP contribution in [0.3, 0.4) is 0 Å². The molecule has 0 spiro atoms. The molecule has 0 aliphatic carbocycles. The second-order valence-electron chi connectivity index (χ2n) is 2.73. The quantitative estimate of drug-likeness (QED) is 0.702. The Bertz CT molecular complexity index is 310. The highest BCUT2D eigenvalue weighted by molar-refractivity contribution is 5.72. The van der Waals surface area contributed by atoms with Gasteiger partial charge in [0.1, 0.15) is 11.4 Å². The van der Waals surface area contributed by atoms with Gasteiger partial charge in [0, 0.05) is 6.04 Å². The van der Waals surface area contributed by atoms with Crippen LogP contribution in [0.4, 0.5) is 0 Å². The number of methoxy groups -OCH3 is 1. The monoisotopic (exact) mass is 180 g/mol. The van der Waals surface area contributed by atoms with Gasteiger partial charge in [-0.05, 0) is 19.1 Å². The Morgan fingerprint density at radius 2 is 2.31 bits per heavy atom. The number of nitrogens with zero attached hydrogens (tertiary/aromatic N) is 1. The van der Waals surface area contributed by atoms with E-state index in [0.717, 1.165) is 0 Å². The van der Waals surface area contributed by atoms with E-state index in [-0.39, 0.29) is 6.04 Å². The Labute approximate surface area is 76.7 Å². The first-order valence-corrected chi connectivity index (χ1v) is 3.94. The number of aldehydes is 1. The Balaban J connectivity index is 3.17. The fourth-order valence-electron chi connectivity index (χ4n) is 1.04. The number of ether oxygens (including phenoxy) is 1. The van der Waals surface area contributed by atoms with Crippen LogP contribution in [0.2, 0.25) is 0 Å². The van der Waals surface area contributed by atoms with Gasteiger partial charge in [-0.25, -0.2) is 4.98 Å². The molecule has 0 saturated carbocycles. The normalized spacial score (nSPS) is 12.2. The van der Waals surface area contributed by atoms with E-state index in [2.05, 4.69) is 4.98 Å². The fraction of sp³-hybridized carbons (Fsp3) is 0.333. The molecular formula is C9H12N2O2. The molecular weight excluding hydrogens is 168 g/mol. The van der Waals surface area contributed by atoms with Crippen molar-refractivity contribution in [2.45, 2.75) is 13.0 Å². The van der Waals surface area contributed by atoms with Gasteiger partial charge in [-0.3, -0.25) is 4.79 Å². The van der Waals surface area contributed by atoms with E-state index < -0.39 is 0 Å². The van der Waals surface area contributed by atoms with Crippen LogP contribution in [-0.4, -0.2) is 18.4 Å². The summed E-state index contributed by atoms with van der Waals surface area (Å²) in [5.74, 6) is 0.612. The molecule has 70 valence electrons. The zero-order chi connectivity index (χ0) is 9.84. The molecule has 13 heavy (non-hydrogen) atoms. The molecule has 4 heteroatoms. The molecule has 0 saturated heterocycles. The van der Waals surface area contributed by atoms with E-state index in [1.54, 1.807) is 26.2 Å².